The van der Waals surface area contributed by atoms with E-state index in [1.165, 1.54) is 0 Å². The summed E-state index contributed by atoms with van der Waals surface area (Å²) in [6, 6.07) is -0.740. The number of carboxylic acid groups (broad SMARTS) is 1. The van der Waals surface area contributed by atoms with E-state index >= 15 is 0 Å². The molecule has 0 spiro atoms. The average Bonchev–Trinajstić information content (AvgIpc) is 3.09. The highest BCUT2D eigenvalue weighted by molar-refractivity contribution is 5.75. The van der Waals surface area contributed by atoms with Crippen molar-refractivity contribution in [3.63, 3.8) is 0 Å². The second-order valence-corrected chi connectivity index (χ2v) is 4.60. The van der Waals surface area contributed by atoms with E-state index < -0.39 is 12.0 Å². The Bertz CT molecular complexity index is 469. The van der Waals surface area contributed by atoms with E-state index in [1.807, 2.05) is 0 Å². The van der Waals surface area contributed by atoms with Crippen LogP contribution in [0.3, 0.4) is 0 Å². The number of aromatic nitrogens is 2. The Labute approximate surface area is 109 Å². The highest BCUT2D eigenvalue weighted by Gasteiger charge is 2.33. The molecule has 1 aromatic rings. The minimum absolute atomic E-state index is 0.0578. The van der Waals surface area contributed by atoms with Crippen LogP contribution in [0.1, 0.15) is 31.0 Å². The number of nitrogens with zero attached hydrogens (tertiary/aromatic N) is 2. The van der Waals surface area contributed by atoms with Crippen molar-refractivity contribution in [2.45, 2.75) is 38.8 Å². The molecule has 0 aromatic carbocycles. The predicted octanol–water partition coefficient (Wildman–Crippen LogP) is 0.431. The van der Waals surface area contributed by atoms with Crippen molar-refractivity contribution in [1.82, 2.24) is 20.8 Å². The number of urea groups is 1. The highest BCUT2D eigenvalue weighted by Crippen LogP contribution is 2.33. The van der Waals surface area contributed by atoms with Crippen LogP contribution in [0.4, 0.5) is 4.79 Å². The van der Waals surface area contributed by atoms with Crippen LogP contribution >= 0.6 is 0 Å². The molecule has 1 aromatic heterocycles. The molecule has 3 N–H and O–H groups in total. The summed E-state index contributed by atoms with van der Waals surface area (Å²) in [5.74, 6) is 0.171. The molecule has 104 valence electrons. The van der Waals surface area contributed by atoms with Gasteiger partial charge in [-0.2, -0.15) is 4.98 Å². The molecule has 1 aliphatic carbocycles. The van der Waals surface area contributed by atoms with Crippen molar-refractivity contribution in [3.05, 3.63) is 11.7 Å². The molecule has 1 aliphatic rings. The van der Waals surface area contributed by atoms with Crippen molar-refractivity contribution in [3.8, 4) is 0 Å². The lowest BCUT2D eigenvalue weighted by Gasteiger charge is -2.16. The molecule has 1 heterocycles. The standard InChI is InChI=1S/C11H16N4O4/c1-6-13-9(19-15-6)5-12-11(18)14-8(4-10(16)17)7-2-3-7/h7-8H,2-5H2,1H3,(H,16,17)(H2,12,14,18). The van der Waals surface area contributed by atoms with E-state index in [-0.39, 0.29) is 24.9 Å². The van der Waals surface area contributed by atoms with Crippen molar-refractivity contribution in [1.29, 1.82) is 0 Å². The summed E-state index contributed by atoms with van der Waals surface area (Å²) < 4.78 is 4.85. The lowest BCUT2D eigenvalue weighted by Crippen LogP contribution is -2.43. The van der Waals surface area contributed by atoms with Crippen LogP contribution in [0, 0.1) is 12.8 Å². The van der Waals surface area contributed by atoms with Gasteiger partial charge in [-0.3, -0.25) is 4.79 Å². The Balaban J connectivity index is 1.77. The van der Waals surface area contributed by atoms with Gasteiger partial charge in [0.25, 0.3) is 0 Å². The maximum Gasteiger partial charge on any atom is 0.315 e. The Hall–Kier alpha value is -2.12. The first-order valence-electron chi connectivity index (χ1n) is 6.10. The fourth-order valence-electron chi connectivity index (χ4n) is 1.81. The fraction of sp³-hybridized carbons (Fsp3) is 0.636. The van der Waals surface area contributed by atoms with Gasteiger partial charge in [0.2, 0.25) is 5.89 Å². The first-order chi connectivity index (χ1) is 9.04. The van der Waals surface area contributed by atoms with Gasteiger partial charge in [0.1, 0.15) is 0 Å². The molecular formula is C11H16N4O4. The van der Waals surface area contributed by atoms with Gasteiger partial charge in [-0.15, -0.1) is 0 Å². The topological polar surface area (TPSA) is 117 Å². The molecule has 0 bridgehead atoms. The maximum atomic E-state index is 11.6. The second kappa shape index (κ2) is 5.68. The van der Waals surface area contributed by atoms with Crippen molar-refractivity contribution < 1.29 is 19.2 Å². The fourth-order valence-corrected chi connectivity index (χ4v) is 1.81. The molecule has 19 heavy (non-hydrogen) atoms. The summed E-state index contributed by atoms with van der Waals surface area (Å²) in [7, 11) is 0. The van der Waals surface area contributed by atoms with Gasteiger partial charge in [0.05, 0.1) is 13.0 Å². The number of carboxylic acids is 1. The zero-order valence-corrected chi connectivity index (χ0v) is 10.5. The first kappa shape index (κ1) is 13.3. The summed E-state index contributed by atoms with van der Waals surface area (Å²) in [5, 5.41) is 17.6. The smallest absolute Gasteiger partial charge is 0.315 e. The second-order valence-electron chi connectivity index (χ2n) is 4.60. The van der Waals surface area contributed by atoms with Gasteiger partial charge in [0.15, 0.2) is 5.82 Å². The van der Waals surface area contributed by atoms with Crippen molar-refractivity contribution in [2.75, 3.05) is 0 Å². The van der Waals surface area contributed by atoms with E-state index in [0.29, 0.717) is 11.7 Å². The number of hydrogen-bond acceptors (Lipinski definition) is 5. The van der Waals surface area contributed by atoms with Gasteiger partial charge < -0.3 is 20.3 Å². The number of carbonyl (C=O) groups excluding carboxylic acids is 1. The molecule has 8 heteroatoms. The third kappa shape index (κ3) is 4.23. The molecule has 2 rings (SSSR count). The van der Waals surface area contributed by atoms with Crippen LogP contribution in [-0.4, -0.2) is 33.3 Å². The summed E-state index contributed by atoms with van der Waals surface area (Å²) in [6.07, 6.45) is 1.86. The van der Waals surface area contributed by atoms with Crippen LogP contribution in [0.15, 0.2) is 4.52 Å². The molecule has 1 saturated carbocycles. The zero-order valence-electron chi connectivity index (χ0n) is 10.5. The van der Waals surface area contributed by atoms with E-state index in [2.05, 4.69) is 20.8 Å². The number of carbonyl (C=O) groups is 2. The lowest BCUT2D eigenvalue weighted by molar-refractivity contribution is -0.137. The van der Waals surface area contributed by atoms with Crippen molar-refractivity contribution in [2.24, 2.45) is 5.92 Å². The van der Waals surface area contributed by atoms with Gasteiger partial charge >= 0.3 is 12.0 Å². The SMILES string of the molecule is Cc1noc(CNC(=O)NC(CC(=O)O)C2CC2)n1. The number of nitrogens with one attached hydrogen (secondary N) is 2. The lowest BCUT2D eigenvalue weighted by atomic mass is 10.1. The van der Waals surface area contributed by atoms with Crippen LogP contribution in [0.5, 0.6) is 0 Å². The molecule has 0 aliphatic heterocycles. The van der Waals surface area contributed by atoms with Crippen molar-refractivity contribution >= 4 is 12.0 Å². The highest BCUT2D eigenvalue weighted by atomic mass is 16.5. The first-order valence-corrected chi connectivity index (χ1v) is 6.10. The van der Waals surface area contributed by atoms with Gasteiger partial charge in [-0.25, -0.2) is 4.79 Å². The molecule has 2 amide bonds. The molecule has 1 unspecified atom stereocenters. The number of hydrogen-bond donors (Lipinski definition) is 3. The Morgan fingerprint density at radius 3 is 2.79 bits per heavy atom. The minimum Gasteiger partial charge on any atom is -0.481 e. The number of aryl methyl sites for hydroxylation is 1. The van der Waals surface area contributed by atoms with E-state index in [0.717, 1.165) is 12.8 Å². The quantitative estimate of drug-likeness (QED) is 0.688. The number of amides is 2. The van der Waals surface area contributed by atoms with Crippen LogP contribution in [0.2, 0.25) is 0 Å². The Morgan fingerprint density at radius 2 is 2.26 bits per heavy atom. The van der Waals surface area contributed by atoms with E-state index in [4.69, 9.17) is 9.63 Å². The van der Waals surface area contributed by atoms with Gasteiger partial charge in [0, 0.05) is 6.04 Å². The summed E-state index contributed by atoms with van der Waals surface area (Å²) in [5.41, 5.74) is 0. The normalized spacial score (nSPS) is 15.8. The summed E-state index contributed by atoms with van der Waals surface area (Å²) >= 11 is 0. The zero-order chi connectivity index (χ0) is 13.8. The minimum atomic E-state index is -0.912. The maximum absolute atomic E-state index is 11.6. The summed E-state index contributed by atoms with van der Waals surface area (Å²) in [4.78, 5) is 26.3. The Morgan fingerprint density at radius 1 is 1.53 bits per heavy atom. The summed E-state index contributed by atoms with van der Waals surface area (Å²) in [6.45, 7) is 1.81. The molecule has 1 atom stereocenters. The number of aliphatic carboxylic acids is 1. The molecule has 8 nitrogen and oxygen atoms in total. The average molecular weight is 268 g/mol. The van der Waals surface area contributed by atoms with Gasteiger partial charge in [-0.05, 0) is 25.7 Å². The van der Waals surface area contributed by atoms with Gasteiger partial charge in [-0.1, -0.05) is 5.16 Å². The monoisotopic (exact) mass is 268 g/mol. The number of rotatable bonds is 6. The van der Waals surface area contributed by atoms with E-state index in [9.17, 15) is 9.59 Å². The third-order valence-corrected chi connectivity index (χ3v) is 2.87. The Kier molecular flexibility index (Phi) is 3.98. The molecule has 0 saturated heterocycles. The predicted molar refractivity (Wildman–Crippen MR) is 63.2 cm³/mol. The van der Waals surface area contributed by atoms with Crippen LogP contribution in [0.25, 0.3) is 0 Å². The molecular weight excluding hydrogens is 252 g/mol. The van der Waals surface area contributed by atoms with Crippen LogP contribution < -0.4 is 10.6 Å². The molecule has 0 radical (unpaired) electrons. The third-order valence-electron chi connectivity index (χ3n) is 2.87. The largest absolute Gasteiger partial charge is 0.481 e. The van der Waals surface area contributed by atoms with E-state index in [1.54, 1.807) is 6.92 Å². The molecule has 1 fully saturated rings. The van der Waals surface area contributed by atoms with Crippen LogP contribution in [-0.2, 0) is 11.3 Å².